The molecule has 0 aliphatic carbocycles. The van der Waals surface area contributed by atoms with Gasteiger partial charge in [-0.25, -0.2) is 9.78 Å². The number of aliphatic hydroxyl groups is 1. The Hall–Kier alpha value is -4.64. The van der Waals surface area contributed by atoms with Crippen LogP contribution in [0.25, 0.3) is 11.0 Å². The number of unbranched alkanes of at least 4 members (excludes halogenated alkanes) is 1. The second-order valence-corrected chi connectivity index (χ2v) is 10.5. The highest BCUT2D eigenvalue weighted by molar-refractivity contribution is 7.17. The van der Waals surface area contributed by atoms with E-state index in [2.05, 4.69) is 11.9 Å². The van der Waals surface area contributed by atoms with Gasteiger partial charge < -0.3 is 23.7 Å². The van der Waals surface area contributed by atoms with Crippen molar-refractivity contribution in [2.45, 2.75) is 39.7 Å². The number of amides is 1. The highest BCUT2D eigenvalue weighted by Crippen LogP contribution is 2.44. The predicted octanol–water partition coefficient (Wildman–Crippen LogP) is 6.34. The van der Waals surface area contributed by atoms with Crippen molar-refractivity contribution >= 4 is 45.1 Å². The van der Waals surface area contributed by atoms with Crippen LogP contribution in [0.4, 0.5) is 5.13 Å². The molecular weight excluding hydrogens is 560 g/mol. The molecule has 0 fully saturated rings. The summed E-state index contributed by atoms with van der Waals surface area (Å²) in [5.74, 6) is -1.81. The van der Waals surface area contributed by atoms with E-state index in [1.807, 2.05) is 0 Å². The quantitative estimate of drug-likeness (QED) is 0.121. The van der Waals surface area contributed by atoms with Crippen molar-refractivity contribution in [3.8, 4) is 11.5 Å². The maximum absolute atomic E-state index is 14.0. The summed E-state index contributed by atoms with van der Waals surface area (Å²) in [7, 11) is 1.49. The molecule has 5 rings (SSSR count). The Morgan fingerprint density at radius 2 is 1.90 bits per heavy atom. The molecule has 0 spiro atoms. The highest BCUT2D eigenvalue weighted by atomic mass is 32.1. The third-order valence-corrected chi connectivity index (χ3v) is 7.96. The second kappa shape index (κ2) is 12.1. The van der Waals surface area contributed by atoms with Crippen LogP contribution in [0.2, 0.25) is 0 Å². The summed E-state index contributed by atoms with van der Waals surface area (Å²) in [6.07, 6.45) is 1.89. The van der Waals surface area contributed by atoms with Crippen LogP contribution in [0.15, 0.2) is 64.3 Å². The largest absolute Gasteiger partial charge is 0.503 e. The van der Waals surface area contributed by atoms with Gasteiger partial charge in [-0.05, 0) is 50.1 Å². The van der Waals surface area contributed by atoms with Gasteiger partial charge in [-0.15, -0.1) is 0 Å². The number of fused-ring (bicyclic) bond motifs is 1. The molecule has 3 heterocycles. The smallest absolute Gasteiger partial charge is 0.350 e. The minimum atomic E-state index is -1.06. The average Bonchev–Trinajstić information content (AvgIpc) is 3.67. The van der Waals surface area contributed by atoms with Crippen LogP contribution in [-0.4, -0.2) is 48.1 Å². The first-order valence-electron chi connectivity index (χ1n) is 13.5. The minimum Gasteiger partial charge on any atom is -0.503 e. The Bertz CT molecular complexity index is 1680. The van der Waals surface area contributed by atoms with Gasteiger partial charge >= 0.3 is 5.97 Å². The number of benzene rings is 2. The van der Waals surface area contributed by atoms with Gasteiger partial charge in [0.1, 0.15) is 10.6 Å². The van der Waals surface area contributed by atoms with Gasteiger partial charge in [0.2, 0.25) is 5.78 Å². The number of thiazole rings is 1. The van der Waals surface area contributed by atoms with E-state index >= 15 is 0 Å². The molecule has 218 valence electrons. The van der Waals surface area contributed by atoms with Crippen LogP contribution in [-0.2, 0) is 9.53 Å². The van der Waals surface area contributed by atoms with Crippen LogP contribution in [0.1, 0.15) is 64.2 Å². The van der Waals surface area contributed by atoms with E-state index in [1.165, 1.54) is 12.0 Å². The number of rotatable bonds is 11. The molecule has 4 aromatic rings. The number of hydrogen-bond acceptors (Lipinski definition) is 10. The van der Waals surface area contributed by atoms with Gasteiger partial charge in [0.05, 0.1) is 37.6 Å². The van der Waals surface area contributed by atoms with Gasteiger partial charge in [0.15, 0.2) is 28.0 Å². The Kier molecular flexibility index (Phi) is 8.30. The number of aryl methyl sites for hydroxylation is 1. The maximum atomic E-state index is 14.0. The van der Waals surface area contributed by atoms with Gasteiger partial charge in [0, 0.05) is 5.39 Å². The highest BCUT2D eigenvalue weighted by Gasteiger charge is 2.47. The Morgan fingerprint density at radius 3 is 2.60 bits per heavy atom. The lowest BCUT2D eigenvalue weighted by molar-refractivity contribution is -0.117. The number of esters is 1. The molecule has 0 bridgehead atoms. The summed E-state index contributed by atoms with van der Waals surface area (Å²) >= 11 is 0.950. The zero-order valence-corrected chi connectivity index (χ0v) is 24.4. The Balaban J connectivity index is 1.59. The van der Waals surface area contributed by atoms with E-state index in [0.29, 0.717) is 40.3 Å². The number of carbonyl (C=O) groups is 3. The summed E-state index contributed by atoms with van der Waals surface area (Å²) in [5.41, 5.74) is 1.08. The molecule has 1 unspecified atom stereocenters. The second-order valence-electron chi connectivity index (χ2n) is 9.56. The molecule has 0 saturated carbocycles. The molecule has 42 heavy (non-hydrogen) atoms. The van der Waals surface area contributed by atoms with Crippen molar-refractivity contribution in [1.82, 2.24) is 4.98 Å². The van der Waals surface area contributed by atoms with Crippen molar-refractivity contribution in [1.29, 1.82) is 0 Å². The number of para-hydroxylation sites is 1. The molecule has 0 saturated heterocycles. The van der Waals surface area contributed by atoms with E-state index in [4.69, 9.17) is 18.6 Å². The number of anilines is 1. The number of aromatic nitrogens is 1. The summed E-state index contributed by atoms with van der Waals surface area (Å²) in [6, 6.07) is 12.7. The van der Waals surface area contributed by atoms with E-state index < -0.39 is 29.5 Å². The Morgan fingerprint density at radius 1 is 1.14 bits per heavy atom. The molecule has 1 aliphatic rings. The zero-order chi connectivity index (χ0) is 30.0. The SMILES string of the molecule is CCCCOc1ccc(C2C(C(=O)c3cc4cccc(OC)c4o3)=C(O)C(=O)N2c2nc(C)c(C(=O)OCC)s2)cc1. The first kappa shape index (κ1) is 28.9. The molecule has 1 atom stereocenters. The van der Waals surface area contributed by atoms with Gasteiger partial charge in [-0.1, -0.05) is 48.9 Å². The number of methoxy groups -OCH3 is 1. The number of Topliss-reactive ketones (excluding diaryl/α,β-unsaturated/α-hetero) is 1. The van der Waals surface area contributed by atoms with Crippen LogP contribution < -0.4 is 14.4 Å². The average molecular weight is 591 g/mol. The topological polar surface area (TPSA) is 128 Å². The van der Waals surface area contributed by atoms with Crippen molar-refractivity contribution in [3.63, 3.8) is 0 Å². The zero-order valence-electron chi connectivity index (χ0n) is 23.6. The van der Waals surface area contributed by atoms with Crippen LogP contribution in [0, 0.1) is 6.92 Å². The van der Waals surface area contributed by atoms with Gasteiger partial charge in [-0.2, -0.15) is 0 Å². The fraction of sp³-hybridized carbons (Fsp3) is 0.290. The summed E-state index contributed by atoms with van der Waals surface area (Å²) < 4.78 is 22.2. The molecule has 11 heteroatoms. The maximum Gasteiger partial charge on any atom is 0.350 e. The van der Waals surface area contributed by atoms with E-state index in [0.717, 1.165) is 24.2 Å². The van der Waals surface area contributed by atoms with Gasteiger partial charge in [0.25, 0.3) is 5.91 Å². The minimum absolute atomic E-state index is 0.0715. The van der Waals surface area contributed by atoms with Crippen molar-refractivity contribution in [2.75, 3.05) is 25.2 Å². The molecule has 0 radical (unpaired) electrons. The number of carbonyl (C=O) groups excluding carboxylic acids is 3. The van der Waals surface area contributed by atoms with Crippen molar-refractivity contribution in [2.24, 2.45) is 0 Å². The predicted molar refractivity (Wildman–Crippen MR) is 157 cm³/mol. The van der Waals surface area contributed by atoms with Crippen LogP contribution in [0.5, 0.6) is 11.5 Å². The fourth-order valence-corrected chi connectivity index (χ4v) is 5.73. The lowest BCUT2D eigenvalue weighted by Gasteiger charge is -2.24. The molecule has 1 amide bonds. The third-order valence-electron chi connectivity index (χ3n) is 6.82. The normalized spacial score (nSPS) is 15.0. The first-order chi connectivity index (χ1) is 20.3. The third kappa shape index (κ3) is 5.23. The molecule has 1 aliphatic heterocycles. The molecule has 1 N–H and O–H groups in total. The standard InChI is InChI=1S/C31H30N2O8S/c1-5-7-15-40-20-13-11-18(12-14-20)24-23(25(34)22-16-19-9-8-10-21(38-4)27(19)41-22)26(35)29(36)33(24)31-32-17(3)28(42-31)30(37)39-6-2/h8-14,16,24,35H,5-7,15H2,1-4H3. The first-order valence-corrected chi connectivity index (χ1v) is 14.4. The van der Waals surface area contributed by atoms with Crippen molar-refractivity contribution < 1.29 is 38.1 Å². The van der Waals surface area contributed by atoms with E-state index in [-0.39, 0.29) is 27.9 Å². The van der Waals surface area contributed by atoms with E-state index in [1.54, 1.807) is 62.4 Å². The number of nitrogens with zero attached hydrogens (tertiary/aromatic N) is 2. The monoisotopic (exact) mass is 590 g/mol. The molecule has 2 aromatic heterocycles. The summed E-state index contributed by atoms with van der Waals surface area (Å²) in [6.45, 7) is 6.12. The number of hydrogen-bond donors (Lipinski definition) is 1. The lowest BCUT2D eigenvalue weighted by atomic mass is 9.95. The van der Waals surface area contributed by atoms with Crippen LogP contribution in [0.3, 0.4) is 0 Å². The van der Waals surface area contributed by atoms with E-state index in [9.17, 15) is 19.5 Å². The van der Waals surface area contributed by atoms with Crippen molar-refractivity contribution in [3.05, 3.63) is 81.8 Å². The lowest BCUT2D eigenvalue weighted by Crippen LogP contribution is -2.31. The molecule has 2 aromatic carbocycles. The number of aliphatic hydroxyl groups excluding tert-OH is 1. The number of ketones is 1. The molecule has 10 nitrogen and oxygen atoms in total. The molecular formula is C31H30N2O8S. The number of furan rings is 1. The fourth-order valence-electron chi connectivity index (χ4n) is 4.74. The summed E-state index contributed by atoms with van der Waals surface area (Å²) in [4.78, 5) is 46.0. The summed E-state index contributed by atoms with van der Waals surface area (Å²) in [5, 5.41) is 11.9. The van der Waals surface area contributed by atoms with Gasteiger partial charge in [-0.3, -0.25) is 14.5 Å². The Labute approximate surface area is 246 Å². The van der Waals surface area contributed by atoms with Crippen LogP contribution >= 0.6 is 11.3 Å². The number of ether oxygens (including phenoxy) is 3.